The van der Waals surface area contributed by atoms with Crippen LogP contribution in [0.25, 0.3) is 10.2 Å². The maximum Gasteiger partial charge on any atom is 0.253 e. The molecular formula is C20H21N3O2S. The van der Waals surface area contributed by atoms with Gasteiger partial charge < -0.3 is 14.5 Å². The van der Waals surface area contributed by atoms with Crippen LogP contribution in [-0.2, 0) is 0 Å². The molecule has 0 spiro atoms. The summed E-state index contributed by atoms with van der Waals surface area (Å²) in [5.74, 6) is 0.838. The van der Waals surface area contributed by atoms with Crippen molar-refractivity contribution in [1.82, 2.24) is 9.88 Å². The highest BCUT2D eigenvalue weighted by Gasteiger charge is 2.24. The van der Waals surface area contributed by atoms with E-state index in [1.165, 1.54) is 10.3 Å². The molecule has 0 unspecified atom stereocenters. The molecule has 1 aliphatic heterocycles. The number of benzene rings is 2. The molecule has 1 amide bonds. The minimum atomic E-state index is 0.0763. The summed E-state index contributed by atoms with van der Waals surface area (Å²) in [5, 5.41) is 1.05. The standard InChI is InChI=1S/C20H21N3O2S/c1-14-4-3-5-17-18(14)21-20(26-17)23-12-10-22(11-13-23)19(24)15-6-8-16(25-2)9-7-15/h3-9H,10-13H2,1-2H3. The van der Waals surface area contributed by atoms with E-state index in [4.69, 9.17) is 9.72 Å². The van der Waals surface area contributed by atoms with Crippen LogP contribution >= 0.6 is 11.3 Å². The van der Waals surface area contributed by atoms with Crippen LogP contribution in [0, 0.1) is 6.92 Å². The van der Waals surface area contributed by atoms with Crippen molar-refractivity contribution < 1.29 is 9.53 Å². The fraction of sp³-hybridized carbons (Fsp3) is 0.300. The highest BCUT2D eigenvalue weighted by molar-refractivity contribution is 7.22. The molecule has 6 heteroatoms. The van der Waals surface area contributed by atoms with Gasteiger partial charge >= 0.3 is 0 Å². The first-order chi connectivity index (χ1) is 12.7. The Morgan fingerprint density at radius 2 is 1.81 bits per heavy atom. The number of amides is 1. The molecule has 134 valence electrons. The number of carbonyl (C=O) groups is 1. The molecule has 2 heterocycles. The average molecular weight is 367 g/mol. The second-order valence-electron chi connectivity index (χ2n) is 6.43. The Balaban J connectivity index is 1.44. The van der Waals surface area contributed by atoms with Crippen LogP contribution < -0.4 is 9.64 Å². The van der Waals surface area contributed by atoms with E-state index in [1.54, 1.807) is 18.4 Å². The molecular weight excluding hydrogens is 346 g/mol. The van der Waals surface area contributed by atoms with Gasteiger partial charge in [-0.3, -0.25) is 4.79 Å². The molecule has 3 aromatic rings. The maximum atomic E-state index is 12.7. The number of aryl methyl sites for hydroxylation is 1. The third-order valence-corrected chi connectivity index (χ3v) is 5.87. The van der Waals surface area contributed by atoms with Gasteiger partial charge in [0.15, 0.2) is 5.13 Å². The number of fused-ring (bicyclic) bond motifs is 1. The molecule has 1 fully saturated rings. The predicted molar refractivity (Wildman–Crippen MR) is 105 cm³/mol. The number of hydrogen-bond acceptors (Lipinski definition) is 5. The van der Waals surface area contributed by atoms with Gasteiger partial charge in [0.05, 0.1) is 17.3 Å². The monoisotopic (exact) mass is 367 g/mol. The molecule has 5 nitrogen and oxygen atoms in total. The number of aromatic nitrogens is 1. The first kappa shape index (κ1) is 16.8. The normalized spacial score (nSPS) is 14.7. The lowest BCUT2D eigenvalue weighted by molar-refractivity contribution is 0.0746. The number of thiazole rings is 1. The van der Waals surface area contributed by atoms with Crippen LogP contribution in [-0.4, -0.2) is 49.1 Å². The predicted octanol–water partition coefficient (Wildman–Crippen LogP) is 3.58. The molecule has 0 N–H and O–H groups in total. The number of para-hydroxylation sites is 1. The summed E-state index contributed by atoms with van der Waals surface area (Å²) < 4.78 is 6.37. The zero-order valence-electron chi connectivity index (χ0n) is 14.9. The summed E-state index contributed by atoms with van der Waals surface area (Å²) in [6, 6.07) is 13.6. The largest absolute Gasteiger partial charge is 0.497 e. The van der Waals surface area contributed by atoms with E-state index in [0.29, 0.717) is 18.7 Å². The van der Waals surface area contributed by atoms with Gasteiger partial charge in [0.1, 0.15) is 5.75 Å². The number of carbonyl (C=O) groups excluding carboxylic acids is 1. The molecule has 1 aliphatic rings. The Hall–Kier alpha value is -2.60. The van der Waals surface area contributed by atoms with Crippen molar-refractivity contribution in [3.8, 4) is 5.75 Å². The molecule has 2 aromatic carbocycles. The Labute approximate surface area is 156 Å². The van der Waals surface area contributed by atoms with E-state index in [9.17, 15) is 4.79 Å². The third kappa shape index (κ3) is 3.12. The highest BCUT2D eigenvalue weighted by atomic mass is 32.1. The summed E-state index contributed by atoms with van der Waals surface area (Å²) in [6.07, 6.45) is 0. The Morgan fingerprint density at radius 1 is 1.08 bits per heavy atom. The quantitative estimate of drug-likeness (QED) is 0.710. The number of rotatable bonds is 3. The topological polar surface area (TPSA) is 45.7 Å². The van der Waals surface area contributed by atoms with Gasteiger partial charge in [-0.2, -0.15) is 0 Å². The Morgan fingerprint density at radius 3 is 2.46 bits per heavy atom. The number of nitrogens with zero attached hydrogens (tertiary/aromatic N) is 3. The maximum absolute atomic E-state index is 12.7. The van der Waals surface area contributed by atoms with Gasteiger partial charge in [-0.25, -0.2) is 4.98 Å². The van der Waals surface area contributed by atoms with Crippen molar-refractivity contribution in [3.05, 3.63) is 53.6 Å². The van der Waals surface area contributed by atoms with Gasteiger partial charge in [0.25, 0.3) is 5.91 Å². The van der Waals surface area contributed by atoms with Gasteiger partial charge in [-0.15, -0.1) is 0 Å². The van der Waals surface area contributed by atoms with Crippen molar-refractivity contribution in [2.45, 2.75) is 6.92 Å². The number of hydrogen-bond donors (Lipinski definition) is 0. The minimum Gasteiger partial charge on any atom is -0.497 e. The van der Waals surface area contributed by atoms with Crippen molar-refractivity contribution in [1.29, 1.82) is 0 Å². The number of anilines is 1. The first-order valence-electron chi connectivity index (χ1n) is 8.70. The van der Waals surface area contributed by atoms with Crippen LogP contribution in [0.4, 0.5) is 5.13 Å². The van der Waals surface area contributed by atoms with Crippen molar-refractivity contribution >= 4 is 32.6 Å². The first-order valence-corrected chi connectivity index (χ1v) is 9.52. The van der Waals surface area contributed by atoms with Gasteiger partial charge in [0.2, 0.25) is 0 Å². The second kappa shape index (κ2) is 6.96. The smallest absolute Gasteiger partial charge is 0.253 e. The number of methoxy groups -OCH3 is 1. The lowest BCUT2D eigenvalue weighted by atomic mass is 10.1. The fourth-order valence-corrected chi connectivity index (χ4v) is 4.32. The van der Waals surface area contributed by atoms with Crippen LogP contribution in [0.5, 0.6) is 5.75 Å². The van der Waals surface area contributed by atoms with Crippen molar-refractivity contribution in [3.63, 3.8) is 0 Å². The minimum absolute atomic E-state index is 0.0763. The number of piperazine rings is 1. The van der Waals surface area contributed by atoms with E-state index >= 15 is 0 Å². The van der Waals surface area contributed by atoms with E-state index in [-0.39, 0.29) is 5.91 Å². The summed E-state index contributed by atoms with van der Waals surface area (Å²) in [7, 11) is 1.62. The van der Waals surface area contributed by atoms with Gasteiger partial charge in [0, 0.05) is 31.7 Å². The van der Waals surface area contributed by atoms with Gasteiger partial charge in [-0.1, -0.05) is 23.5 Å². The van der Waals surface area contributed by atoms with E-state index in [0.717, 1.165) is 29.5 Å². The average Bonchev–Trinajstić information content (AvgIpc) is 3.13. The number of ether oxygens (including phenoxy) is 1. The SMILES string of the molecule is COc1ccc(C(=O)N2CCN(c3nc4c(C)cccc4s3)CC2)cc1. The van der Waals surface area contributed by atoms with Crippen molar-refractivity contribution in [2.75, 3.05) is 38.2 Å². The van der Waals surface area contributed by atoms with E-state index < -0.39 is 0 Å². The summed E-state index contributed by atoms with van der Waals surface area (Å²) in [6.45, 7) is 5.12. The molecule has 4 rings (SSSR count). The highest BCUT2D eigenvalue weighted by Crippen LogP contribution is 2.31. The Bertz CT molecular complexity index is 928. The zero-order valence-corrected chi connectivity index (χ0v) is 15.8. The third-order valence-electron chi connectivity index (χ3n) is 4.78. The van der Waals surface area contributed by atoms with Crippen LogP contribution in [0.1, 0.15) is 15.9 Å². The molecule has 26 heavy (non-hydrogen) atoms. The molecule has 0 aliphatic carbocycles. The summed E-state index contributed by atoms with van der Waals surface area (Å²) in [4.78, 5) is 21.7. The van der Waals surface area contributed by atoms with Crippen LogP contribution in [0.2, 0.25) is 0 Å². The molecule has 0 saturated carbocycles. The second-order valence-corrected chi connectivity index (χ2v) is 7.43. The molecule has 1 aromatic heterocycles. The molecule has 1 saturated heterocycles. The van der Waals surface area contributed by atoms with Crippen LogP contribution in [0.15, 0.2) is 42.5 Å². The lowest BCUT2D eigenvalue weighted by Gasteiger charge is -2.34. The molecule has 0 bridgehead atoms. The summed E-state index contributed by atoms with van der Waals surface area (Å²) in [5.41, 5.74) is 3.00. The zero-order chi connectivity index (χ0) is 18.1. The van der Waals surface area contributed by atoms with E-state index in [1.807, 2.05) is 29.2 Å². The summed E-state index contributed by atoms with van der Waals surface area (Å²) >= 11 is 1.73. The molecule has 0 radical (unpaired) electrons. The fourth-order valence-electron chi connectivity index (χ4n) is 3.23. The lowest BCUT2D eigenvalue weighted by Crippen LogP contribution is -2.48. The molecule has 0 atom stereocenters. The Kier molecular flexibility index (Phi) is 4.51. The van der Waals surface area contributed by atoms with E-state index in [2.05, 4.69) is 30.0 Å². The van der Waals surface area contributed by atoms with Crippen LogP contribution in [0.3, 0.4) is 0 Å². The van der Waals surface area contributed by atoms with Crippen molar-refractivity contribution in [2.24, 2.45) is 0 Å². The van der Waals surface area contributed by atoms with Gasteiger partial charge in [-0.05, 0) is 42.8 Å².